The lowest BCUT2D eigenvalue weighted by Gasteiger charge is -2.11. The van der Waals surface area contributed by atoms with Crippen LogP contribution in [0.1, 0.15) is 5.56 Å². The van der Waals surface area contributed by atoms with Crippen LogP contribution in [-0.4, -0.2) is 16.6 Å². The molecule has 1 aromatic carbocycles. The molecule has 1 aliphatic carbocycles. The first-order valence-electron chi connectivity index (χ1n) is 5.62. The molecule has 100 valence electrons. The summed E-state index contributed by atoms with van der Waals surface area (Å²) < 4.78 is 13.4. The highest BCUT2D eigenvalue weighted by Crippen LogP contribution is 2.35. The number of carbonyl (C=O) groups excluding carboxylic acids is 2. The molecule has 0 bridgehead atoms. The van der Waals surface area contributed by atoms with Crippen molar-refractivity contribution in [2.24, 2.45) is 0 Å². The number of nitrogens with one attached hydrogen (secondary N) is 1. The van der Waals surface area contributed by atoms with E-state index in [0.717, 1.165) is 6.08 Å². The van der Waals surface area contributed by atoms with Crippen LogP contribution in [0.4, 0.5) is 4.39 Å². The molecule has 3 nitrogen and oxygen atoms in total. The molecule has 3 rings (SSSR count). The van der Waals surface area contributed by atoms with E-state index in [1.54, 1.807) is 0 Å². The Labute approximate surface area is 122 Å². The van der Waals surface area contributed by atoms with Gasteiger partial charge in [0.05, 0.1) is 15.6 Å². The number of aromatic amines is 1. The van der Waals surface area contributed by atoms with Gasteiger partial charge in [-0.2, -0.15) is 0 Å². The van der Waals surface area contributed by atoms with Crippen LogP contribution in [0.2, 0.25) is 0 Å². The van der Waals surface area contributed by atoms with E-state index >= 15 is 0 Å². The van der Waals surface area contributed by atoms with Crippen LogP contribution in [0.3, 0.4) is 0 Å². The number of allylic oxidation sites excluding steroid dienone is 4. The molecule has 20 heavy (non-hydrogen) atoms. The average molecular weight is 310 g/mol. The van der Waals surface area contributed by atoms with Gasteiger partial charge in [0.2, 0.25) is 5.78 Å². The monoisotopic (exact) mass is 309 g/mol. The Balaban J connectivity index is 2.30. The number of rotatable bonds is 1. The predicted octanol–water partition coefficient (Wildman–Crippen LogP) is 3.53. The predicted molar refractivity (Wildman–Crippen MR) is 75.0 cm³/mol. The van der Waals surface area contributed by atoms with Crippen LogP contribution in [0.25, 0.3) is 16.5 Å². The Hall–Kier alpha value is -1.91. The van der Waals surface area contributed by atoms with E-state index in [0.29, 0.717) is 16.5 Å². The first-order valence-corrected chi connectivity index (χ1v) is 6.37. The standard InChI is InChI=1S/C14H6Cl2FNO2/c15-9-4-11(19)13(16)12(14(9)20)8-5-18-10-2-1-6(17)3-7(8)10/h1-5,18H. The van der Waals surface area contributed by atoms with Crippen molar-refractivity contribution in [3.63, 3.8) is 0 Å². The van der Waals surface area contributed by atoms with Gasteiger partial charge in [-0.3, -0.25) is 9.59 Å². The zero-order chi connectivity index (χ0) is 14.4. The molecule has 1 aliphatic rings. The number of fused-ring (bicyclic) bond motifs is 1. The van der Waals surface area contributed by atoms with Crippen LogP contribution in [0.15, 0.2) is 40.5 Å². The normalized spacial score (nSPS) is 16.1. The Morgan fingerprint density at radius 1 is 1.15 bits per heavy atom. The van der Waals surface area contributed by atoms with Crippen molar-refractivity contribution >= 4 is 51.2 Å². The third-order valence-electron chi connectivity index (χ3n) is 3.05. The van der Waals surface area contributed by atoms with Crippen molar-refractivity contribution in [3.8, 4) is 0 Å². The lowest BCUT2D eigenvalue weighted by molar-refractivity contribution is -0.113. The summed E-state index contributed by atoms with van der Waals surface area (Å²) in [5.74, 6) is -1.55. The zero-order valence-electron chi connectivity index (χ0n) is 9.84. The van der Waals surface area contributed by atoms with Crippen LogP contribution >= 0.6 is 23.2 Å². The number of benzene rings is 1. The van der Waals surface area contributed by atoms with Gasteiger partial charge in [-0.05, 0) is 18.2 Å². The molecule has 2 aromatic rings. The highest BCUT2D eigenvalue weighted by Gasteiger charge is 2.29. The molecule has 0 saturated carbocycles. The van der Waals surface area contributed by atoms with Crippen molar-refractivity contribution in [1.29, 1.82) is 0 Å². The lowest BCUT2D eigenvalue weighted by Crippen LogP contribution is -2.13. The van der Waals surface area contributed by atoms with Crippen LogP contribution in [0, 0.1) is 5.82 Å². The van der Waals surface area contributed by atoms with Gasteiger partial charge in [-0.25, -0.2) is 4.39 Å². The fourth-order valence-electron chi connectivity index (χ4n) is 2.13. The quantitative estimate of drug-likeness (QED) is 0.819. The number of ketones is 2. The summed E-state index contributed by atoms with van der Waals surface area (Å²) >= 11 is 11.7. The highest BCUT2D eigenvalue weighted by molar-refractivity contribution is 6.62. The van der Waals surface area contributed by atoms with Crippen LogP contribution < -0.4 is 0 Å². The van der Waals surface area contributed by atoms with Crippen LogP contribution in [0.5, 0.6) is 0 Å². The van der Waals surface area contributed by atoms with E-state index in [-0.39, 0.29) is 15.6 Å². The topological polar surface area (TPSA) is 49.9 Å². The van der Waals surface area contributed by atoms with Gasteiger partial charge in [0.15, 0.2) is 5.78 Å². The highest BCUT2D eigenvalue weighted by atomic mass is 35.5. The number of carbonyl (C=O) groups is 2. The third kappa shape index (κ3) is 1.88. The lowest BCUT2D eigenvalue weighted by atomic mass is 9.95. The minimum atomic E-state index is -0.554. The van der Waals surface area contributed by atoms with Crippen molar-refractivity contribution < 1.29 is 14.0 Å². The van der Waals surface area contributed by atoms with Gasteiger partial charge in [0.25, 0.3) is 0 Å². The molecule has 0 spiro atoms. The summed E-state index contributed by atoms with van der Waals surface area (Å²) in [5, 5.41) is 0.0374. The smallest absolute Gasteiger partial charge is 0.206 e. The summed E-state index contributed by atoms with van der Waals surface area (Å²) in [4.78, 5) is 26.7. The largest absolute Gasteiger partial charge is 0.361 e. The molecule has 0 aliphatic heterocycles. The molecular weight excluding hydrogens is 304 g/mol. The fraction of sp³-hybridized carbons (Fsp3) is 0. The Bertz CT molecular complexity index is 833. The molecule has 6 heteroatoms. The maximum atomic E-state index is 13.4. The number of Topliss-reactive ketones (excluding diaryl/α,β-unsaturated/α-hetero) is 1. The van der Waals surface area contributed by atoms with E-state index in [2.05, 4.69) is 4.98 Å². The molecule has 0 fully saturated rings. The van der Waals surface area contributed by atoms with Gasteiger partial charge < -0.3 is 4.98 Å². The van der Waals surface area contributed by atoms with Gasteiger partial charge in [0, 0.05) is 28.7 Å². The number of hydrogen-bond acceptors (Lipinski definition) is 2. The van der Waals surface area contributed by atoms with Crippen molar-refractivity contribution in [1.82, 2.24) is 4.98 Å². The van der Waals surface area contributed by atoms with Gasteiger partial charge in [0.1, 0.15) is 5.82 Å². The molecule has 0 radical (unpaired) electrons. The summed E-state index contributed by atoms with van der Waals surface area (Å²) in [7, 11) is 0. The number of hydrogen-bond donors (Lipinski definition) is 1. The molecule has 1 N–H and O–H groups in total. The van der Waals surface area contributed by atoms with Gasteiger partial charge in [-0.1, -0.05) is 23.2 Å². The van der Waals surface area contributed by atoms with Gasteiger partial charge >= 0.3 is 0 Å². The Kier molecular flexibility index (Phi) is 3.00. The summed E-state index contributed by atoms with van der Waals surface area (Å²) in [6.07, 6.45) is 2.48. The molecule has 0 unspecified atom stereocenters. The Morgan fingerprint density at radius 2 is 1.90 bits per heavy atom. The second-order valence-electron chi connectivity index (χ2n) is 4.27. The maximum absolute atomic E-state index is 13.4. The minimum Gasteiger partial charge on any atom is -0.361 e. The molecule has 1 aromatic heterocycles. The maximum Gasteiger partial charge on any atom is 0.206 e. The van der Waals surface area contributed by atoms with E-state index in [4.69, 9.17) is 23.2 Å². The van der Waals surface area contributed by atoms with E-state index in [1.165, 1.54) is 24.4 Å². The van der Waals surface area contributed by atoms with Crippen molar-refractivity contribution in [2.75, 3.05) is 0 Å². The summed E-state index contributed by atoms with van der Waals surface area (Å²) in [6, 6.07) is 4.09. The van der Waals surface area contributed by atoms with E-state index in [9.17, 15) is 14.0 Å². The number of H-pyrrole nitrogens is 1. The SMILES string of the molecule is O=C1C=C(Cl)C(=O)C(c2c[nH]c3ccc(F)cc23)=C1Cl. The first-order chi connectivity index (χ1) is 9.49. The second-order valence-corrected chi connectivity index (χ2v) is 5.05. The molecular formula is C14H6Cl2FNO2. The summed E-state index contributed by atoms with van der Waals surface area (Å²) in [6.45, 7) is 0. The van der Waals surface area contributed by atoms with Crippen molar-refractivity contribution in [3.05, 3.63) is 51.9 Å². The van der Waals surface area contributed by atoms with Crippen LogP contribution in [-0.2, 0) is 9.59 Å². The van der Waals surface area contributed by atoms with Crippen molar-refractivity contribution in [2.45, 2.75) is 0 Å². The van der Waals surface area contributed by atoms with E-state index in [1.807, 2.05) is 0 Å². The molecule has 0 atom stereocenters. The van der Waals surface area contributed by atoms with Gasteiger partial charge in [-0.15, -0.1) is 0 Å². The average Bonchev–Trinajstić information content (AvgIpc) is 2.80. The number of aromatic nitrogens is 1. The number of halogens is 3. The first kappa shape index (κ1) is 13.1. The zero-order valence-corrected chi connectivity index (χ0v) is 11.3. The third-order valence-corrected chi connectivity index (χ3v) is 3.71. The molecule has 1 heterocycles. The summed E-state index contributed by atoms with van der Waals surface area (Å²) in [5.41, 5.74) is 0.972. The molecule has 0 amide bonds. The second kappa shape index (κ2) is 4.58. The fourth-order valence-corrected chi connectivity index (χ4v) is 2.56. The minimum absolute atomic E-state index is 0.0129. The van der Waals surface area contributed by atoms with E-state index < -0.39 is 17.4 Å². The Morgan fingerprint density at radius 3 is 2.65 bits per heavy atom. The molecule has 0 saturated heterocycles.